The number of carbonyl (C=O) groups excluding carboxylic acids is 3. The average Bonchev–Trinajstić information content (AvgIpc) is 2.87. The highest BCUT2D eigenvalue weighted by molar-refractivity contribution is 8.00. The van der Waals surface area contributed by atoms with Gasteiger partial charge in [-0.3, -0.25) is 14.4 Å². The second-order valence-electron chi connectivity index (χ2n) is 6.74. The highest BCUT2D eigenvalue weighted by atomic mass is 32.2. The van der Waals surface area contributed by atoms with Gasteiger partial charge in [-0.05, 0) is 58.7 Å². The highest BCUT2D eigenvalue weighted by Gasteiger charge is 2.26. The van der Waals surface area contributed by atoms with Crippen LogP contribution in [0.3, 0.4) is 0 Å². The molecular weight excluding hydrogens is 362 g/mol. The van der Waals surface area contributed by atoms with E-state index in [4.69, 9.17) is 4.74 Å². The maximum Gasteiger partial charge on any atom is 0.316 e. The molecule has 6 heteroatoms. The Morgan fingerprint density at radius 2 is 1.81 bits per heavy atom. The zero-order chi connectivity index (χ0) is 20.3. The summed E-state index contributed by atoms with van der Waals surface area (Å²) in [5.41, 5.74) is 4.35. The molecule has 2 rings (SSSR count). The number of rotatable bonds is 7. The summed E-state index contributed by atoms with van der Waals surface area (Å²) in [6.45, 7) is 10.5. The minimum atomic E-state index is -0.922. The Morgan fingerprint density at radius 1 is 1.15 bits per heavy atom. The van der Waals surface area contributed by atoms with E-state index in [-0.39, 0.29) is 17.3 Å². The van der Waals surface area contributed by atoms with Crippen LogP contribution in [-0.2, 0) is 9.53 Å². The van der Waals surface area contributed by atoms with Gasteiger partial charge in [0.05, 0.1) is 11.4 Å². The van der Waals surface area contributed by atoms with Crippen molar-refractivity contribution in [2.24, 2.45) is 0 Å². The fourth-order valence-corrected chi connectivity index (χ4v) is 3.90. The molecule has 144 valence electrons. The van der Waals surface area contributed by atoms with Crippen LogP contribution < -0.4 is 0 Å². The molecule has 5 nitrogen and oxygen atoms in total. The number of esters is 1. The molecule has 0 saturated carbocycles. The molecule has 1 N–H and O–H groups in total. The van der Waals surface area contributed by atoms with Gasteiger partial charge < -0.3 is 9.72 Å². The summed E-state index contributed by atoms with van der Waals surface area (Å²) in [4.78, 5) is 40.5. The average molecular weight is 388 g/mol. The van der Waals surface area contributed by atoms with Gasteiger partial charge in [-0.1, -0.05) is 17.7 Å². The summed E-state index contributed by atoms with van der Waals surface area (Å²) in [7, 11) is 0. The van der Waals surface area contributed by atoms with Crippen molar-refractivity contribution < 1.29 is 19.1 Å². The number of ether oxygens (including phenoxy) is 1. The SMILES string of the molecule is CC(=O)c1c(C)[nH]c(C(=O)[C@H](C)OC(=O)CSc2ccc(C)cc2C)c1C. The number of carbonyl (C=O) groups is 3. The van der Waals surface area contributed by atoms with Gasteiger partial charge in [-0.15, -0.1) is 11.8 Å². The number of aryl methyl sites for hydroxylation is 3. The molecule has 0 spiro atoms. The van der Waals surface area contributed by atoms with Crippen molar-refractivity contribution in [2.45, 2.75) is 52.5 Å². The monoisotopic (exact) mass is 387 g/mol. The van der Waals surface area contributed by atoms with E-state index in [9.17, 15) is 14.4 Å². The van der Waals surface area contributed by atoms with E-state index in [0.717, 1.165) is 10.5 Å². The van der Waals surface area contributed by atoms with Gasteiger partial charge >= 0.3 is 5.97 Å². The maximum atomic E-state index is 12.6. The Hall–Kier alpha value is -2.34. The van der Waals surface area contributed by atoms with E-state index in [2.05, 4.69) is 11.1 Å². The second-order valence-corrected chi connectivity index (χ2v) is 7.75. The first-order valence-electron chi connectivity index (χ1n) is 8.75. The Labute approximate surface area is 163 Å². The van der Waals surface area contributed by atoms with Gasteiger partial charge in [0.2, 0.25) is 5.78 Å². The molecule has 1 aromatic carbocycles. The minimum absolute atomic E-state index is 0.102. The lowest BCUT2D eigenvalue weighted by molar-refractivity contribution is -0.143. The first-order valence-corrected chi connectivity index (χ1v) is 9.74. The number of H-pyrrole nitrogens is 1. The van der Waals surface area contributed by atoms with Crippen LogP contribution in [0.5, 0.6) is 0 Å². The number of hydrogen-bond acceptors (Lipinski definition) is 5. The third-order valence-electron chi connectivity index (χ3n) is 4.39. The lowest BCUT2D eigenvalue weighted by atomic mass is 10.0. The lowest BCUT2D eigenvalue weighted by Gasteiger charge is -2.12. The summed E-state index contributed by atoms with van der Waals surface area (Å²) >= 11 is 1.39. The molecule has 1 aromatic heterocycles. The van der Waals surface area contributed by atoms with Crippen LogP contribution in [0.1, 0.15) is 57.1 Å². The van der Waals surface area contributed by atoms with E-state index in [1.54, 1.807) is 20.8 Å². The van der Waals surface area contributed by atoms with E-state index in [0.29, 0.717) is 22.5 Å². The fraction of sp³-hybridized carbons (Fsp3) is 0.381. The molecule has 27 heavy (non-hydrogen) atoms. The number of Topliss-reactive ketones (excluding diaryl/α,β-unsaturated/α-hetero) is 2. The van der Waals surface area contributed by atoms with Gasteiger partial charge in [0, 0.05) is 16.2 Å². The number of nitrogens with one attached hydrogen (secondary N) is 1. The van der Waals surface area contributed by atoms with Crippen LogP contribution in [-0.4, -0.2) is 34.4 Å². The Kier molecular flexibility index (Phi) is 6.65. The number of aromatic nitrogens is 1. The molecule has 0 bridgehead atoms. The van der Waals surface area contributed by atoms with Crippen LogP contribution in [0, 0.1) is 27.7 Å². The molecule has 2 aromatic rings. The summed E-state index contributed by atoms with van der Waals surface area (Å²) in [6.07, 6.45) is -0.922. The highest BCUT2D eigenvalue weighted by Crippen LogP contribution is 2.24. The summed E-state index contributed by atoms with van der Waals surface area (Å²) < 4.78 is 5.30. The smallest absolute Gasteiger partial charge is 0.316 e. The molecule has 0 saturated heterocycles. The van der Waals surface area contributed by atoms with Gasteiger partial charge in [0.1, 0.15) is 0 Å². The van der Waals surface area contributed by atoms with Crippen LogP contribution in [0.25, 0.3) is 0 Å². The minimum Gasteiger partial charge on any atom is -0.454 e. The van der Waals surface area contributed by atoms with Crippen LogP contribution in [0.4, 0.5) is 0 Å². The number of benzene rings is 1. The molecule has 0 amide bonds. The second kappa shape index (κ2) is 8.57. The van der Waals surface area contributed by atoms with Gasteiger partial charge in [-0.2, -0.15) is 0 Å². The van der Waals surface area contributed by atoms with Crippen molar-refractivity contribution in [3.05, 3.63) is 51.8 Å². The summed E-state index contributed by atoms with van der Waals surface area (Å²) in [5, 5.41) is 0. The Balaban J connectivity index is 2.01. The maximum absolute atomic E-state index is 12.6. The fourth-order valence-electron chi connectivity index (χ4n) is 3.11. The first-order chi connectivity index (χ1) is 12.6. The summed E-state index contributed by atoms with van der Waals surface area (Å²) in [5.74, 6) is -0.764. The quantitative estimate of drug-likeness (QED) is 0.434. The topological polar surface area (TPSA) is 76.2 Å². The zero-order valence-corrected chi connectivity index (χ0v) is 17.4. The van der Waals surface area contributed by atoms with Crippen molar-refractivity contribution in [2.75, 3.05) is 5.75 Å². The Bertz CT molecular complexity index is 898. The van der Waals surface area contributed by atoms with Crippen molar-refractivity contribution in [3.63, 3.8) is 0 Å². The third kappa shape index (κ3) is 4.89. The van der Waals surface area contributed by atoms with Gasteiger partial charge in [-0.25, -0.2) is 0 Å². The van der Waals surface area contributed by atoms with Crippen LogP contribution in [0.15, 0.2) is 23.1 Å². The first kappa shape index (κ1) is 21.0. The third-order valence-corrected chi connectivity index (χ3v) is 5.54. The van der Waals surface area contributed by atoms with Crippen molar-refractivity contribution >= 4 is 29.3 Å². The van der Waals surface area contributed by atoms with Crippen molar-refractivity contribution in [3.8, 4) is 0 Å². The molecule has 1 heterocycles. The van der Waals surface area contributed by atoms with E-state index < -0.39 is 12.1 Å². The standard InChI is InChI=1S/C21H25NO4S/c1-11-7-8-17(12(2)9-11)27-10-18(24)26-16(6)21(25)20-13(3)19(15(5)23)14(4)22-20/h7-9,16,22H,10H2,1-6H3/t16-/m0/s1. The molecule has 0 aliphatic carbocycles. The van der Waals surface area contributed by atoms with Gasteiger partial charge in [0.15, 0.2) is 11.9 Å². The van der Waals surface area contributed by atoms with Crippen LogP contribution >= 0.6 is 11.8 Å². The van der Waals surface area contributed by atoms with E-state index in [1.165, 1.54) is 24.2 Å². The number of hydrogen-bond donors (Lipinski definition) is 1. The van der Waals surface area contributed by atoms with E-state index >= 15 is 0 Å². The predicted molar refractivity (Wildman–Crippen MR) is 107 cm³/mol. The number of ketones is 2. The molecule has 0 radical (unpaired) electrons. The lowest BCUT2D eigenvalue weighted by Crippen LogP contribution is -2.26. The van der Waals surface area contributed by atoms with Crippen molar-refractivity contribution in [1.82, 2.24) is 4.98 Å². The predicted octanol–water partition coefficient (Wildman–Crippen LogP) is 4.36. The molecule has 0 unspecified atom stereocenters. The van der Waals surface area contributed by atoms with Gasteiger partial charge in [0.25, 0.3) is 0 Å². The number of aromatic amines is 1. The summed E-state index contributed by atoms with van der Waals surface area (Å²) in [6, 6.07) is 6.03. The molecule has 0 fully saturated rings. The van der Waals surface area contributed by atoms with E-state index in [1.807, 2.05) is 26.0 Å². The van der Waals surface area contributed by atoms with Crippen molar-refractivity contribution in [1.29, 1.82) is 0 Å². The normalized spacial score (nSPS) is 11.9. The Morgan fingerprint density at radius 3 is 2.37 bits per heavy atom. The largest absolute Gasteiger partial charge is 0.454 e. The zero-order valence-electron chi connectivity index (χ0n) is 16.6. The molecule has 0 aliphatic rings. The number of thioether (sulfide) groups is 1. The van der Waals surface area contributed by atoms with Crippen LogP contribution in [0.2, 0.25) is 0 Å². The molecular formula is C21H25NO4S. The molecule has 1 atom stereocenters. The molecule has 0 aliphatic heterocycles.